The zero-order chi connectivity index (χ0) is 15.2. The van der Waals surface area contributed by atoms with Gasteiger partial charge in [-0.3, -0.25) is 14.9 Å². The van der Waals surface area contributed by atoms with Gasteiger partial charge in [-0.1, -0.05) is 5.21 Å². The van der Waals surface area contributed by atoms with Crippen molar-refractivity contribution in [3.8, 4) is 0 Å². The van der Waals surface area contributed by atoms with Crippen molar-refractivity contribution in [2.75, 3.05) is 40.3 Å². The Morgan fingerprint density at radius 3 is 2.90 bits per heavy atom. The first-order valence-corrected chi connectivity index (χ1v) is 7.36. The van der Waals surface area contributed by atoms with Gasteiger partial charge in [-0.05, 0) is 45.9 Å². The van der Waals surface area contributed by atoms with Crippen LogP contribution in [0.1, 0.15) is 23.3 Å². The van der Waals surface area contributed by atoms with Crippen LogP contribution in [0.3, 0.4) is 0 Å². The summed E-state index contributed by atoms with van der Waals surface area (Å²) in [6, 6.07) is 0. The molecule has 0 aromatic carbocycles. The van der Waals surface area contributed by atoms with Gasteiger partial charge in [-0.25, -0.2) is 5.84 Å². The van der Waals surface area contributed by atoms with Gasteiger partial charge in [-0.15, -0.1) is 5.10 Å². The number of hydrogen-bond donors (Lipinski definition) is 2. The second-order valence-electron chi connectivity index (χ2n) is 5.85. The lowest BCUT2D eigenvalue weighted by Crippen LogP contribution is -2.36. The van der Waals surface area contributed by atoms with Crippen LogP contribution in [0.25, 0.3) is 0 Å². The molecule has 8 nitrogen and oxygen atoms in total. The summed E-state index contributed by atoms with van der Waals surface area (Å²) in [7, 11) is 4.31. The Morgan fingerprint density at radius 2 is 2.24 bits per heavy atom. The molecule has 0 saturated carbocycles. The predicted octanol–water partition coefficient (Wildman–Crippen LogP) is -0.845. The predicted molar refractivity (Wildman–Crippen MR) is 79.4 cm³/mol. The number of nitrogen functional groups attached to an aromatic ring is 1. The lowest BCUT2D eigenvalue weighted by atomic mass is 9.97. The lowest BCUT2D eigenvalue weighted by Gasteiger charge is -2.31. The largest absolute Gasteiger partial charge is 0.306 e. The third-order valence-electron chi connectivity index (χ3n) is 4.02. The Labute approximate surface area is 125 Å². The zero-order valence-corrected chi connectivity index (χ0v) is 12.8. The van der Waals surface area contributed by atoms with E-state index in [4.69, 9.17) is 5.84 Å². The minimum absolute atomic E-state index is 0.246. The summed E-state index contributed by atoms with van der Waals surface area (Å²) < 4.78 is 1.68. The fourth-order valence-electron chi connectivity index (χ4n) is 2.64. The number of likely N-dealkylation sites (N-methyl/N-ethyl adjacent to an activating group) is 1. The first-order valence-electron chi connectivity index (χ1n) is 7.36. The molecule has 0 unspecified atom stereocenters. The van der Waals surface area contributed by atoms with Crippen LogP contribution in [0.4, 0.5) is 0 Å². The number of hydrazine groups is 1. The second-order valence-corrected chi connectivity index (χ2v) is 5.85. The zero-order valence-electron chi connectivity index (χ0n) is 12.8. The van der Waals surface area contributed by atoms with Crippen molar-refractivity contribution < 1.29 is 4.79 Å². The van der Waals surface area contributed by atoms with Crippen LogP contribution in [0.15, 0.2) is 6.20 Å². The van der Waals surface area contributed by atoms with Gasteiger partial charge in [0.15, 0.2) is 5.69 Å². The van der Waals surface area contributed by atoms with E-state index in [0.29, 0.717) is 6.54 Å². The number of nitrogens with one attached hydrogen (secondary N) is 1. The molecule has 1 aromatic rings. The van der Waals surface area contributed by atoms with Crippen LogP contribution in [0.2, 0.25) is 0 Å². The summed E-state index contributed by atoms with van der Waals surface area (Å²) in [6.45, 7) is 5.10. The molecule has 8 heteroatoms. The van der Waals surface area contributed by atoms with Gasteiger partial charge in [0.2, 0.25) is 0 Å². The first-order chi connectivity index (χ1) is 10.1. The first kappa shape index (κ1) is 15.9. The highest BCUT2D eigenvalue weighted by Crippen LogP contribution is 2.16. The van der Waals surface area contributed by atoms with Gasteiger partial charge in [0.1, 0.15) is 0 Å². The summed E-state index contributed by atoms with van der Waals surface area (Å²) >= 11 is 0. The highest BCUT2D eigenvalue weighted by atomic mass is 16.2. The molecule has 0 bridgehead atoms. The number of nitrogens with zero attached hydrogens (tertiary/aromatic N) is 5. The highest BCUT2D eigenvalue weighted by Gasteiger charge is 2.18. The molecule has 3 N–H and O–H groups in total. The van der Waals surface area contributed by atoms with E-state index in [1.165, 1.54) is 25.9 Å². The topological polar surface area (TPSA) is 92.3 Å². The van der Waals surface area contributed by atoms with E-state index in [2.05, 4.69) is 34.2 Å². The summed E-state index contributed by atoms with van der Waals surface area (Å²) in [6.07, 6.45) is 4.15. The van der Waals surface area contributed by atoms with E-state index < -0.39 is 5.91 Å². The molecule has 1 aromatic heterocycles. The fraction of sp³-hybridized carbons (Fsp3) is 0.769. The van der Waals surface area contributed by atoms with Crippen LogP contribution >= 0.6 is 0 Å². The van der Waals surface area contributed by atoms with Crippen LogP contribution in [-0.2, 0) is 6.54 Å². The van der Waals surface area contributed by atoms with Gasteiger partial charge in [-0.2, -0.15) is 0 Å². The quantitative estimate of drug-likeness (QED) is 0.404. The van der Waals surface area contributed by atoms with Crippen molar-refractivity contribution in [2.45, 2.75) is 19.4 Å². The number of amides is 1. The molecular formula is C13H25N7O. The van der Waals surface area contributed by atoms with Gasteiger partial charge >= 0.3 is 0 Å². The molecule has 2 heterocycles. The number of likely N-dealkylation sites (tertiary alicyclic amines) is 1. The van der Waals surface area contributed by atoms with Crippen LogP contribution < -0.4 is 11.3 Å². The smallest absolute Gasteiger partial charge is 0.287 e. The molecule has 0 spiro atoms. The monoisotopic (exact) mass is 295 g/mol. The molecular weight excluding hydrogens is 270 g/mol. The van der Waals surface area contributed by atoms with Crippen LogP contribution in [0, 0.1) is 5.92 Å². The third kappa shape index (κ3) is 4.76. The number of aromatic nitrogens is 3. The molecule has 1 aliphatic heterocycles. The second kappa shape index (κ2) is 7.48. The molecule has 1 amide bonds. The Bertz CT molecular complexity index is 453. The molecule has 118 valence electrons. The average molecular weight is 295 g/mol. The van der Waals surface area contributed by atoms with Crippen molar-refractivity contribution in [1.29, 1.82) is 0 Å². The van der Waals surface area contributed by atoms with Crippen molar-refractivity contribution >= 4 is 5.91 Å². The summed E-state index contributed by atoms with van der Waals surface area (Å²) in [5, 5.41) is 7.72. The summed E-state index contributed by atoms with van der Waals surface area (Å²) in [4.78, 5) is 16.0. The Hall–Kier alpha value is -1.51. The third-order valence-corrected chi connectivity index (χ3v) is 4.02. The number of nitrogens with two attached hydrogens (primary N) is 1. The number of rotatable bonds is 6. The van der Waals surface area contributed by atoms with Crippen LogP contribution in [0.5, 0.6) is 0 Å². The van der Waals surface area contributed by atoms with Gasteiger partial charge in [0.05, 0.1) is 12.7 Å². The maximum absolute atomic E-state index is 11.3. The molecule has 0 radical (unpaired) electrons. The number of piperidine rings is 1. The maximum Gasteiger partial charge on any atom is 0.287 e. The lowest BCUT2D eigenvalue weighted by molar-refractivity contribution is 0.0948. The van der Waals surface area contributed by atoms with E-state index in [0.717, 1.165) is 19.0 Å². The molecule has 0 atom stereocenters. The molecule has 0 aliphatic carbocycles. The molecule has 21 heavy (non-hydrogen) atoms. The van der Waals surface area contributed by atoms with Crippen molar-refractivity contribution in [1.82, 2.24) is 30.2 Å². The van der Waals surface area contributed by atoms with E-state index in [1.54, 1.807) is 10.9 Å². The molecule has 1 fully saturated rings. The minimum atomic E-state index is -0.416. The van der Waals surface area contributed by atoms with E-state index >= 15 is 0 Å². The van der Waals surface area contributed by atoms with Crippen molar-refractivity contribution in [2.24, 2.45) is 11.8 Å². The number of hydrogen-bond acceptors (Lipinski definition) is 6. The van der Waals surface area contributed by atoms with Crippen molar-refractivity contribution in [3.05, 3.63) is 11.9 Å². The molecule has 1 aliphatic rings. The molecule has 2 rings (SSSR count). The van der Waals surface area contributed by atoms with Crippen LogP contribution in [-0.4, -0.2) is 71.0 Å². The van der Waals surface area contributed by atoms with Crippen molar-refractivity contribution in [3.63, 3.8) is 0 Å². The van der Waals surface area contributed by atoms with E-state index in [-0.39, 0.29) is 5.69 Å². The average Bonchev–Trinajstić information content (AvgIpc) is 2.96. The normalized spacial score (nSPS) is 17.3. The number of carbonyl (C=O) groups excluding carboxylic acids is 1. The van der Waals surface area contributed by atoms with Gasteiger partial charge in [0.25, 0.3) is 5.91 Å². The van der Waals surface area contributed by atoms with E-state index in [9.17, 15) is 4.79 Å². The number of carbonyl (C=O) groups is 1. The summed E-state index contributed by atoms with van der Waals surface area (Å²) in [5.74, 6) is 5.42. The Morgan fingerprint density at radius 1 is 1.52 bits per heavy atom. The molecule has 1 saturated heterocycles. The fourth-order valence-corrected chi connectivity index (χ4v) is 2.64. The maximum atomic E-state index is 11.3. The van der Waals surface area contributed by atoms with Gasteiger partial charge in [0, 0.05) is 13.1 Å². The Kier molecular flexibility index (Phi) is 5.66. The van der Waals surface area contributed by atoms with E-state index in [1.807, 2.05) is 5.43 Å². The minimum Gasteiger partial charge on any atom is -0.306 e. The standard InChI is InChI=1S/C13H25N7O/c1-18-5-3-11(4-6-18)9-19(2)7-8-20-10-12(16-17-20)13(21)15-14/h10-11H,3-9,14H2,1-2H3,(H,15,21). The Balaban J connectivity index is 1.72. The van der Waals surface area contributed by atoms with Gasteiger partial charge < -0.3 is 9.80 Å². The highest BCUT2D eigenvalue weighted by molar-refractivity contribution is 5.91. The summed E-state index contributed by atoms with van der Waals surface area (Å²) in [5.41, 5.74) is 2.29. The SMILES string of the molecule is CN1CCC(CN(C)CCn2cc(C(=O)NN)nn2)CC1.